The second-order valence-electron chi connectivity index (χ2n) is 5.95. The van der Waals surface area contributed by atoms with E-state index >= 15 is 0 Å². The predicted octanol–water partition coefficient (Wildman–Crippen LogP) is 4.51. The second kappa shape index (κ2) is 5.98. The quantitative estimate of drug-likeness (QED) is 0.851. The van der Waals surface area contributed by atoms with E-state index in [0.29, 0.717) is 11.5 Å². The minimum Gasteiger partial charge on any atom is -0.310 e. The molecule has 0 bridgehead atoms. The van der Waals surface area contributed by atoms with Crippen molar-refractivity contribution >= 4 is 0 Å². The highest BCUT2D eigenvalue weighted by atomic mass is 19.1. The number of aryl methyl sites for hydroxylation is 1. The molecule has 110 valence electrons. The third-order valence-electron chi connectivity index (χ3n) is 4.53. The Hall–Kier alpha value is -1.67. The van der Waals surface area contributed by atoms with E-state index in [1.54, 1.807) is 6.07 Å². The van der Waals surface area contributed by atoms with Crippen LogP contribution in [0.15, 0.2) is 42.5 Å². The Kier molecular flexibility index (Phi) is 4.07. The smallest absolute Gasteiger partial charge is 0.126 e. The topological polar surface area (TPSA) is 12.0 Å². The highest BCUT2D eigenvalue weighted by molar-refractivity contribution is 5.40. The van der Waals surface area contributed by atoms with Gasteiger partial charge in [-0.15, -0.1) is 0 Å². The zero-order valence-electron chi connectivity index (χ0n) is 12.7. The monoisotopic (exact) mass is 283 g/mol. The normalized spacial score (nSPS) is 18.0. The van der Waals surface area contributed by atoms with Gasteiger partial charge in [0, 0.05) is 6.04 Å². The number of fused-ring (bicyclic) bond motifs is 1. The van der Waals surface area contributed by atoms with Gasteiger partial charge in [-0.05, 0) is 60.5 Å². The maximum absolute atomic E-state index is 13.8. The fourth-order valence-electron chi connectivity index (χ4n) is 3.27. The van der Waals surface area contributed by atoms with E-state index in [9.17, 15) is 4.39 Å². The maximum atomic E-state index is 13.8. The summed E-state index contributed by atoms with van der Waals surface area (Å²) in [7, 11) is 0. The number of halogens is 1. The average Bonchev–Trinajstić information content (AvgIpc) is 2.46. The summed E-state index contributed by atoms with van der Waals surface area (Å²) >= 11 is 0. The van der Waals surface area contributed by atoms with E-state index in [2.05, 4.69) is 42.6 Å². The molecule has 2 heteroatoms. The fourth-order valence-corrected chi connectivity index (χ4v) is 3.27. The molecule has 0 fully saturated rings. The Bertz CT molecular complexity index is 635. The van der Waals surface area contributed by atoms with Crippen molar-refractivity contribution in [2.75, 3.05) is 6.54 Å². The molecule has 2 aromatic rings. The van der Waals surface area contributed by atoms with Crippen molar-refractivity contribution in [2.24, 2.45) is 0 Å². The lowest BCUT2D eigenvalue weighted by Crippen LogP contribution is -2.27. The summed E-state index contributed by atoms with van der Waals surface area (Å²) in [5.41, 5.74) is 4.70. The van der Waals surface area contributed by atoms with Crippen LogP contribution >= 0.6 is 0 Å². The van der Waals surface area contributed by atoms with Gasteiger partial charge in [0.1, 0.15) is 5.82 Å². The van der Waals surface area contributed by atoms with Crippen molar-refractivity contribution in [2.45, 2.75) is 38.6 Å². The summed E-state index contributed by atoms with van der Waals surface area (Å²) in [6.07, 6.45) is 2.18. The van der Waals surface area contributed by atoms with Crippen LogP contribution in [0.4, 0.5) is 4.39 Å². The summed E-state index contributed by atoms with van der Waals surface area (Å²) in [5.74, 6) is 0.485. The largest absolute Gasteiger partial charge is 0.310 e. The van der Waals surface area contributed by atoms with Crippen molar-refractivity contribution in [3.63, 3.8) is 0 Å². The van der Waals surface area contributed by atoms with E-state index in [-0.39, 0.29) is 11.9 Å². The van der Waals surface area contributed by atoms with Crippen LogP contribution in [-0.2, 0) is 6.42 Å². The third-order valence-corrected chi connectivity index (χ3v) is 4.53. The lowest BCUT2D eigenvalue weighted by molar-refractivity contribution is 0.434. The molecule has 1 aliphatic carbocycles. The van der Waals surface area contributed by atoms with Crippen molar-refractivity contribution in [1.29, 1.82) is 0 Å². The van der Waals surface area contributed by atoms with Gasteiger partial charge in [-0.1, -0.05) is 43.3 Å². The van der Waals surface area contributed by atoms with Gasteiger partial charge in [0.25, 0.3) is 0 Å². The Morgan fingerprint density at radius 1 is 1.24 bits per heavy atom. The Morgan fingerprint density at radius 2 is 2.05 bits per heavy atom. The lowest BCUT2D eigenvalue weighted by atomic mass is 9.73. The average molecular weight is 283 g/mol. The highest BCUT2D eigenvalue weighted by Crippen LogP contribution is 2.40. The first-order chi connectivity index (χ1) is 10.2. The number of hydrogen-bond donors (Lipinski definition) is 1. The summed E-state index contributed by atoms with van der Waals surface area (Å²) in [5, 5.41) is 3.51. The molecule has 1 N–H and O–H groups in total. The molecular formula is C19H22FN. The number of hydrogen-bond acceptors (Lipinski definition) is 1. The van der Waals surface area contributed by atoms with Crippen molar-refractivity contribution in [1.82, 2.24) is 5.32 Å². The molecule has 0 amide bonds. The van der Waals surface area contributed by atoms with E-state index in [0.717, 1.165) is 24.9 Å². The van der Waals surface area contributed by atoms with E-state index in [1.165, 1.54) is 11.1 Å². The van der Waals surface area contributed by atoms with Gasteiger partial charge in [-0.2, -0.15) is 0 Å². The van der Waals surface area contributed by atoms with Crippen LogP contribution in [0.5, 0.6) is 0 Å². The van der Waals surface area contributed by atoms with Crippen molar-refractivity contribution < 1.29 is 4.39 Å². The van der Waals surface area contributed by atoms with Gasteiger partial charge < -0.3 is 5.32 Å². The second-order valence-corrected chi connectivity index (χ2v) is 5.95. The SMILES string of the molecule is CCNC(CC1Cc2ccccc21)c1ccc(C)c(F)c1. The number of benzene rings is 2. The minimum absolute atomic E-state index is 0.107. The highest BCUT2D eigenvalue weighted by Gasteiger charge is 2.28. The molecule has 0 aromatic heterocycles. The zero-order valence-corrected chi connectivity index (χ0v) is 12.7. The van der Waals surface area contributed by atoms with Gasteiger partial charge in [0.2, 0.25) is 0 Å². The molecule has 2 unspecified atom stereocenters. The zero-order chi connectivity index (χ0) is 14.8. The fraction of sp³-hybridized carbons (Fsp3) is 0.368. The molecule has 3 rings (SSSR count). The number of rotatable bonds is 5. The van der Waals surface area contributed by atoms with Crippen LogP contribution in [0.1, 0.15) is 47.6 Å². The molecule has 0 radical (unpaired) electrons. The third kappa shape index (κ3) is 2.86. The van der Waals surface area contributed by atoms with Crippen LogP contribution in [0.2, 0.25) is 0 Å². The van der Waals surface area contributed by atoms with Crippen molar-refractivity contribution in [3.8, 4) is 0 Å². The molecule has 0 heterocycles. The minimum atomic E-state index is -0.107. The molecule has 0 saturated carbocycles. The molecule has 1 aliphatic rings. The molecule has 0 spiro atoms. The molecule has 1 nitrogen and oxygen atoms in total. The first kappa shape index (κ1) is 14.3. The standard InChI is InChI=1S/C19H22FN/c1-3-21-19(15-9-8-13(2)18(20)11-15)12-16-10-14-6-4-5-7-17(14)16/h4-9,11,16,19,21H,3,10,12H2,1-2H3. The van der Waals surface area contributed by atoms with Gasteiger partial charge in [-0.25, -0.2) is 4.39 Å². The first-order valence-corrected chi connectivity index (χ1v) is 7.76. The molecule has 21 heavy (non-hydrogen) atoms. The van der Waals surface area contributed by atoms with E-state index < -0.39 is 0 Å². The Balaban J connectivity index is 1.78. The molecular weight excluding hydrogens is 261 g/mol. The summed E-state index contributed by atoms with van der Waals surface area (Å²) < 4.78 is 13.8. The first-order valence-electron chi connectivity index (χ1n) is 7.76. The van der Waals surface area contributed by atoms with Crippen LogP contribution in [0.3, 0.4) is 0 Å². The van der Waals surface area contributed by atoms with Crippen LogP contribution in [0.25, 0.3) is 0 Å². The predicted molar refractivity (Wildman–Crippen MR) is 85.1 cm³/mol. The summed E-state index contributed by atoms with van der Waals surface area (Å²) in [6.45, 7) is 4.81. The van der Waals surface area contributed by atoms with Gasteiger partial charge >= 0.3 is 0 Å². The lowest BCUT2D eigenvalue weighted by Gasteiger charge is -2.33. The molecule has 2 aromatic carbocycles. The Morgan fingerprint density at radius 3 is 2.76 bits per heavy atom. The van der Waals surface area contributed by atoms with Gasteiger partial charge in [0.05, 0.1) is 0 Å². The van der Waals surface area contributed by atoms with Crippen LogP contribution < -0.4 is 5.32 Å². The molecule has 0 saturated heterocycles. The van der Waals surface area contributed by atoms with E-state index in [1.807, 2.05) is 13.0 Å². The van der Waals surface area contributed by atoms with E-state index in [4.69, 9.17) is 0 Å². The Labute approximate surface area is 126 Å². The van der Waals surface area contributed by atoms with Crippen LogP contribution in [0, 0.1) is 12.7 Å². The summed E-state index contributed by atoms with van der Waals surface area (Å²) in [6, 6.07) is 14.5. The van der Waals surface area contributed by atoms with Crippen molar-refractivity contribution in [3.05, 3.63) is 70.5 Å². The molecule has 0 aliphatic heterocycles. The maximum Gasteiger partial charge on any atom is 0.126 e. The van der Waals surface area contributed by atoms with Gasteiger partial charge in [-0.3, -0.25) is 0 Å². The number of nitrogens with one attached hydrogen (secondary N) is 1. The summed E-state index contributed by atoms with van der Waals surface area (Å²) in [4.78, 5) is 0. The van der Waals surface area contributed by atoms with Gasteiger partial charge in [0.15, 0.2) is 0 Å². The molecule has 2 atom stereocenters. The van der Waals surface area contributed by atoms with Crippen LogP contribution in [-0.4, -0.2) is 6.54 Å².